The van der Waals surface area contributed by atoms with Gasteiger partial charge in [0, 0.05) is 12.6 Å². The summed E-state index contributed by atoms with van der Waals surface area (Å²) in [6.45, 7) is 0. The molecule has 1 heterocycles. The molecule has 0 saturated heterocycles. The summed E-state index contributed by atoms with van der Waals surface area (Å²) >= 11 is 0. The van der Waals surface area contributed by atoms with Gasteiger partial charge in [-0.1, -0.05) is 12.1 Å². The molecule has 2 rings (SSSR count). The molecule has 0 aliphatic carbocycles. The van der Waals surface area contributed by atoms with Crippen LogP contribution in [0.25, 0.3) is 0 Å². The molecule has 0 amide bonds. The van der Waals surface area contributed by atoms with E-state index in [1.54, 1.807) is 31.4 Å². The van der Waals surface area contributed by atoms with Crippen molar-refractivity contribution in [3.8, 4) is 5.75 Å². The molecule has 2 aromatic rings. The molecule has 0 unspecified atom stereocenters. The lowest BCUT2D eigenvalue weighted by atomic mass is 10.1. The van der Waals surface area contributed by atoms with Gasteiger partial charge in [0.15, 0.2) is 5.82 Å². The van der Waals surface area contributed by atoms with E-state index in [1.165, 1.54) is 11.8 Å². The van der Waals surface area contributed by atoms with Crippen LogP contribution in [0.5, 0.6) is 5.75 Å². The summed E-state index contributed by atoms with van der Waals surface area (Å²) in [5.41, 5.74) is 0.713. The van der Waals surface area contributed by atoms with Gasteiger partial charge in [-0.3, -0.25) is 5.41 Å². The molecule has 0 aliphatic rings. The van der Waals surface area contributed by atoms with Crippen molar-refractivity contribution in [2.24, 2.45) is 7.05 Å². The lowest BCUT2D eigenvalue weighted by Gasteiger charge is -2.04. The minimum atomic E-state index is -0.713. The molecule has 0 fully saturated rings. The highest BCUT2D eigenvalue weighted by molar-refractivity contribution is 6.08. The van der Waals surface area contributed by atoms with Crippen molar-refractivity contribution in [3.63, 3.8) is 0 Å². The highest BCUT2D eigenvalue weighted by Crippen LogP contribution is 2.14. The van der Waals surface area contributed by atoms with Crippen molar-refractivity contribution >= 4 is 5.71 Å². The molecular weight excluding hydrogens is 222 g/mol. The molecule has 0 radical (unpaired) electrons. The number of hydrogen-bond donors (Lipinski definition) is 1. The molecule has 17 heavy (non-hydrogen) atoms. The highest BCUT2D eigenvalue weighted by atomic mass is 16.5. The molecule has 1 aromatic carbocycles. The number of aryl methyl sites for hydroxylation is 1. The van der Waals surface area contributed by atoms with Crippen LogP contribution in [-0.2, 0) is 7.05 Å². The summed E-state index contributed by atoms with van der Waals surface area (Å²) in [5.74, 6) is 0.110. The summed E-state index contributed by atoms with van der Waals surface area (Å²) in [4.78, 5) is 14.6. The number of rotatable bonds is 3. The molecule has 0 spiro atoms. The van der Waals surface area contributed by atoms with Gasteiger partial charge in [0.25, 0.3) is 0 Å². The Bertz CT molecular complexity index is 612. The summed E-state index contributed by atoms with van der Waals surface area (Å²) < 4.78 is 10.9. The van der Waals surface area contributed by atoms with E-state index in [9.17, 15) is 4.79 Å². The standard InChI is InChI=1S/C11H11N3O3/c1-14-10(13-11(15)17-14)9(12)7-4-3-5-8(6-7)16-2/h3-6,12H,1-2H3. The van der Waals surface area contributed by atoms with Crippen LogP contribution in [0.3, 0.4) is 0 Å². The van der Waals surface area contributed by atoms with E-state index in [0.717, 1.165) is 0 Å². The normalized spacial score (nSPS) is 10.2. The Hall–Kier alpha value is -2.37. The molecule has 1 aromatic heterocycles. The van der Waals surface area contributed by atoms with Crippen LogP contribution in [-0.4, -0.2) is 22.5 Å². The highest BCUT2D eigenvalue weighted by Gasteiger charge is 2.13. The minimum Gasteiger partial charge on any atom is -0.497 e. The van der Waals surface area contributed by atoms with Crippen LogP contribution in [0.2, 0.25) is 0 Å². The molecule has 0 atom stereocenters. The molecule has 0 aliphatic heterocycles. The number of aromatic nitrogens is 2. The SMILES string of the molecule is COc1cccc(C(=N)c2nc(=O)on2C)c1. The van der Waals surface area contributed by atoms with E-state index in [2.05, 4.69) is 4.98 Å². The van der Waals surface area contributed by atoms with Crippen LogP contribution in [0, 0.1) is 5.41 Å². The van der Waals surface area contributed by atoms with E-state index in [1.807, 2.05) is 0 Å². The number of nitrogens with zero attached hydrogens (tertiary/aromatic N) is 2. The van der Waals surface area contributed by atoms with Crippen LogP contribution >= 0.6 is 0 Å². The number of hydrogen-bond acceptors (Lipinski definition) is 5. The second kappa shape index (κ2) is 4.25. The van der Waals surface area contributed by atoms with Gasteiger partial charge >= 0.3 is 5.76 Å². The van der Waals surface area contributed by atoms with Crippen molar-refractivity contribution < 1.29 is 9.26 Å². The average molecular weight is 233 g/mol. The van der Waals surface area contributed by atoms with Crippen molar-refractivity contribution in [2.45, 2.75) is 0 Å². The Labute approximate surface area is 96.9 Å². The predicted octanol–water partition coefficient (Wildman–Crippen LogP) is 0.798. The largest absolute Gasteiger partial charge is 0.497 e. The maximum Gasteiger partial charge on any atom is 0.460 e. The van der Waals surface area contributed by atoms with Crippen LogP contribution in [0.1, 0.15) is 11.4 Å². The lowest BCUT2D eigenvalue weighted by Crippen LogP contribution is -2.09. The zero-order chi connectivity index (χ0) is 12.4. The fourth-order valence-electron chi connectivity index (χ4n) is 1.46. The van der Waals surface area contributed by atoms with Gasteiger partial charge in [0.2, 0.25) is 0 Å². The summed E-state index contributed by atoms with van der Waals surface area (Å²) in [6, 6.07) is 6.98. The maximum atomic E-state index is 11.0. The van der Waals surface area contributed by atoms with Crippen molar-refractivity contribution in [1.29, 1.82) is 5.41 Å². The third-order valence-corrected chi connectivity index (χ3v) is 2.29. The number of methoxy groups -OCH3 is 1. The Morgan fingerprint density at radius 2 is 2.29 bits per heavy atom. The number of ether oxygens (including phenoxy) is 1. The van der Waals surface area contributed by atoms with Gasteiger partial charge in [-0.2, -0.15) is 9.72 Å². The first-order valence-electron chi connectivity index (χ1n) is 4.89. The van der Waals surface area contributed by atoms with Gasteiger partial charge < -0.3 is 9.26 Å². The Morgan fingerprint density at radius 1 is 1.53 bits per heavy atom. The monoisotopic (exact) mass is 233 g/mol. The fraction of sp³-hybridized carbons (Fsp3) is 0.182. The van der Waals surface area contributed by atoms with Crippen molar-refractivity contribution in [2.75, 3.05) is 7.11 Å². The Balaban J connectivity index is 2.43. The fourth-order valence-corrected chi connectivity index (χ4v) is 1.46. The first-order chi connectivity index (χ1) is 8.11. The van der Waals surface area contributed by atoms with E-state index >= 15 is 0 Å². The quantitative estimate of drug-likeness (QED) is 0.795. The zero-order valence-electron chi connectivity index (χ0n) is 9.43. The third kappa shape index (κ3) is 2.10. The Kier molecular flexibility index (Phi) is 2.78. The van der Waals surface area contributed by atoms with Gasteiger partial charge in [-0.15, -0.1) is 0 Å². The molecule has 88 valence electrons. The molecule has 1 N–H and O–H groups in total. The predicted molar refractivity (Wildman–Crippen MR) is 60.7 cm³/mol. The van der Waals surface area contributed by atoms with Gasteiger partial charge in [-0.05, 0) is 12.1 Å². The molecule has 6 nitrogen and oxygen atoms in total. The molecule has 6 heteroatoms. The summed E-state index contributed by atoms with van der Waals surface area (Å²) in [7, 11) is 3.08. The third-order valence-electron chi connectivity index (χ3n) is 2.29. The smallest absolute Gasteiger partial charge is 0.460 e. The molecule has 0 bridgehead atoms. The first-order valence-corrected chi connectivity index (χ1v) is 4.89. The summed E-state index contributed by atoms with van der Waals surface area (Å²) in [5, 5.41) is 7.96. The van der Waals surface area contributed by atoms with Gasteiger partial charge in [-0.25, -0.2) is 4.79 Å². The van der Waals surface area contributed by atoms with Crippen molar-refractivity contribution in [1.82, 2.24) is 9.72 Å². The minimum absolute atomic E-state index is 0.109. The van der Waals surface area contributed by atoms with Crippen molar-refractivity contribution in [3.05, 3.63) is 46.2 Å². The van der Waals surface area contributed by atoms with Gasteiger partial charge in [0.05, 0.1) is 7.11 Å². The molecular formula is C11H11N3O3. The lowest BCUT2D eigenvalue weighted by molar-refractivity contribution is 0.282. The maximum absolute atomic E-state index is 11.0. The second-order valence-electron chi connectivity index (χ2n) is 3.40. The van der Waals surface area contributed by atoms with Crippen LogP contribution < -0.4 is 10.5 Å². The zero-order valence-corrected chi connectivity index (χ0v) is 9.43. The van der Waals surface area contributed by atoms with Gasteiger partial charge in [0.1, 0.15) is 11.5 Å². The van der Waals surface area contributed by atoms with E-state index in [-0.39, 0.29) is 11.5 Å². The van der Waals surface area contributed by atoms with Crippen LogP contribution in [0.15, 0.2) is 33.6 Å². The first kappa shape index (κ1) is 11.1. The molecule has 0 saturated carbocycles. The van der Waals surface area contributed by atoms with E-state index in [4.69, 9.17) is 14.7 Å². The average Bonchev–Trinajstić information content (AvgIpc) is 2.67. The number of nitrogens with one attached hydrogen (secondary N) is 1. The van der Waals surface area contributed by atoms with Crippen LogP contribution in [0.4, 0.5) is 0 Å². The van der Waals surface area contributed by atoms with E-state index < -0.39 is 5.76 Å². The van der Waals surface area contributed by atoms with E-state index in [0.29, 0.717) is 11.3 Å². The second-order valence-corrected chi connectivity index (χ2v) is 3.40. The number of benzene rings is 1. The topological polar surface area (TPSA) is 81.1 Å². The summed E-state index contributed by atoms with van der Waals surface area (Å²) in [6.07, 6.45) is 0. The Morgan fingerprint density at radius 3 is 2.88 bits per heavy atom.